The number of rotatable bonds is 6. The number of carbonyl (C=O) groups is 2. The zero-order chi connectivity index (χ0) is 19.9. The molecule has 0 aromatic heterocycles. The molecule has 0 saturated carbocycles. The lowest BCUT2D eigenvalue weighted by Crippen LogP contribution is -2.20. The van der Waals surface area contributed by atoms with E-state index in [1.54, 1.807) is 36.4 Å². The molecule has 2 amide bonds. The van der Waals surface area contributed by atoms with Crippen LogP contribution in [0.25, 0.3) is 0 Å². The normalized spacial score (nSPS) is 10.2. The Morgan fingerprint density at radius 3 is 2.29 bits per heavy atom. The van der Waals surface area contributed by atoms with Gasteiger partial charge in [-0.15, -0.1) is 0 Å². The molecule has 0 atom stereocenters. The number of hydrogen-bond donors (Lipinski definition) is 2. The molecule has 5 nitrogen and oxygen atoms in total. The van der Waals surface area contributed by atoms with Crippen molar-refractivity contribution in [2.24, 2.45) is 0 Å². The van der Waals surface area contributed by atoms with Crippen LogP contribution in [-0.4, -0.2) is 18.4 Å². The van der Waals surface area contributed by atoms with Gasteiger partial charge in [0.05, 0.1) is 0 Å². The van der Waals surface area contributed by atoms with Crippen LogP contribution in [0.1, 0.15) is 15.9 Å². The molecule has 142 valence electrons. The van der Waals surface area contributed by atoms with Crippen molar-refractivity contribution in [3.8, 4) is 5.75 Å². The second kappa shape index (κ2) is 9.19. The zero-order valence-corrected chi connectivity index (χ0v) is 16.8. The fourth-order valence-corrected chi connectivity index (χ4v) is 2.81. The lowest BCUT2D eigenvalue weighted by atomic mass is 10.1. The van der Waals surface area contributed by atoms with Gasteiger partial charge in [0.1, 0.15) is 5.75 Å². The molecule has 28 heavy (non-hydrogen) atoms. The Kier molecular flexibility index (Phi) is 6.45. The van der Waals surface area contributed by atoms with E-state index in [1.165, 1.54) is 0 Å². The highest BCUT2D eigenvalue weighted by Gasteiger charge is 2.09. The number of hydrogen-bond acceptors (Lipinski definition) is 3. The predicted molar refractivity (Wildman–Crippen MR) is 114 cm³/mol. The molecule has 0 bridgehead atoms. The van der Waals surface area contributed by atoms with E-state index in [0.717, 1.165) is 15.7 Å². The highest BCUT2D eigenvalue weighted by atomic mass is 79.9. The molecule has 0 aliphatic rings. The lowest BCUT2D eigenvalue weighted by Gasteiger charge is -2.10. The Balaban J connectivity index is 1.58. The molecule has 2 N–H and O–H groups in total. The summed E-state index contributed by atoms with van der Waals surface area (Å²) in [7, 11) is 0. The molecule has 3 rings (SSSR count). The van der Waals surface area contributed by atoms with Gasteiger partial charge >= 0.3 is 0 Å². The Hall–Kier alpha value is -3.12. The molecule has 0 heterocycles. The van der Waals surface area contributed by atoms with E-state index in [0.29, 0.717) is 17.0 Å². The van der Waals surface area contributed by atoms with Crippen LogP contribution in [0.2, 0.25) is 0 Å². The van der Waals surface area contributed by atoms with Gasteiger partial charge in [-0.1, -0.05) is 34.1 Å². The van der Waals surface area contributed by atoms with Crippen molar-refractivity contribution in [1.82, 2.24) is 0 Å². The van der Waals surface area contributed by atoms with Crippen molar-refractivity contribution in [3.05, 3.63) is 88.4 Å². The first-order valence-electron chi connectivity index (χ1n) is 8.66. The largest absolute Gasteiger partial charge is 0.484 e. The summed E-state index contributed by atoms with van der Waals surface area (Å²) < 4.78 is 6.39. The van der Waals surface area contributed by atoms with Gasteiger partial charge in [0.2, 0.25) is 0 Å². The van der Waals surface area contributed by atoms with Crippen molar-refractivity contribution in [3.63, 3.8) is 0 Å². The monoisotopic (exact) mass is 438 g/mol. The van der Waals surface area contributed by atoms with Crippen LogP contribution in [0.4, 0.5) is 11.4 Å². The van der Waals surface area contributed by atoms with Gasteiger partial charge in [-0.2, -0.15) is 0 Å². The van der Waals surface area contributed by atoms with Crippen LogP contribution in [-0.2, 0) is 4.79 Å². The minimum Gasteiger partial charge on any atom is -0.484 e. The van der Waals surface area contributed by atoms with Crippen LogP contribution >= 0.6 is 15.9 Å². The first-order valence-corrected chi connectivity index (χ1v) is 9.45. The van der Waals surface area contributed by atoms with E-state index in [2.05, 4.69) is 26.6 Å². The molecule has 0 fully saturated rings. The Morgan fingerprint density at radius 1 is 0.893 bits per heavy atom. The molecule has 0 radical (unpaired) electrons. The number of carbonyl (C=O) groups excluding carboxylic acids is 2. The number of amides is 2. The molecule has 3 aromatic carbocycles. The minimum absolute atomic E-state index is 0.124. The third-order valence-electron chi connectivity index (χ3n) is 3.87. The summed E-state index contributed by atoms with van der Waals surface area (Å²) in [6.45, 7) is 1.84. The predicted octanol–water partition coefficient (Wildman–Crippen LogP) is 5.03. The third-order valence-corrected chi connectivity index (χ3v) is 4.40. The molecule has 0 spiro atoms. The highest BCUT2D eigenvalue weighted by molar-refractivity contribution is 9.10. The Labute approximate surface area is 171 Å². The summed E-state index contributed by atoms with van der Waals surface area (Å²) in [5.41, 5.74) is 2.77. The summed E-state index contributed by atoms with van der Waals surface area (Å²) in [5.74, 6) is 0.0524. The van der Waals surface area contributed by atoms with Crippen molar-refractivity contribution in [1.29, 1.82) is 0 Å². The summed E-state index contributed by atoms with van der Waals surface area (Å²) in [6, 6.07) is 21.5. The summed E-state index contributed by atoms with van der Waals surface area (Å²) in [5, 5.41) is 5.59. The second-order valence-electron chi connectivity index (χ2n) is 6.20. The summed E-state index contributed by atoms with van der Waals surface area (Å²) in [4.78, 5) is 24.6. The van der Waals surface area contributed by atoms with Crippen LogP contribution in [0.3, 0.4) is 0 Å². The topological polar surface area (TPSA) is 67.4 Å². The molecular weight excluding hydrogens is 420 g/mol. The van der Waals surface area contributed by atoms with Crippen molar-refractivity contribution < 1.29 is 14.3 Å². The Bertz CT molecular complexity index is 987. The van der Waals surface area contributed by atoms with E-state index in [1.807, 2.05) is 43.3 Å². The fourth-order valence-electron chi connectivity index (χ4n) is 2.54. The van der Waals surface area contributed by atoms with Gasteiger partial charge in [0.25, 0.3) is 11.8 Å². The highest BCUT2D eigenvalue weighted by Crippen LogP contribution is 2.17. The van der Waals surface area contributed by atoms with Crippen LogP contribution in [0.15, 0.2) is 77.3 Å². The van der Waals surface area contributed by atoms with Crippen molar-refractivity contribution in [2.45, 2.75) is 6.92 Å². The van der Waals surface area contributed by atoms with Crippen molar-refractivity contribution in [2.75, 3.05) is 17.2 Å². The molecular formula is C22H19BrN2O3. The number of anilines is 2. The SMILES string of the molecule is Cc1cccc(NC(=O)c2cccc(NC(=O)COc3ccc(Br)cc3)c2)c1. The van der Waals surface area contributed by atoms with E-state index in [4.69, 9.17) is 4.74 Å². The van der Waals surface area contributed by atoms with Crippen LogP contribution in [0, 0.1) is 6.92 Å². The third kappa shape index (κ3) is 5.69. The second-order valence-corrected chi connectivity index (χ2v) is 7.11. The van der Waals surface area contributed by atoms with Gasteiger partial charge in [-0.05, 0) is 67.1 Å². The molecule has 0 aliphatic heterocycles. The quantitative estimate of drug-likeness (QED) is 0.567. The van der Waals surface area contributed by atoms with E-state index in [-0.39, 0.29) is 18.4 Å². The lowest BCUT2D eigenvalue weighted by molar-refractivity contribution is -0.118. The van der Waals surface area contributed by atoms with E-state index in [9.17, 15) is 9.59 Å². The summed E-state index contributed by atoms with van der Waals surface area (Å²) >= 11 is 3.34. The number of aryl methyl sites for hydroxylation is 1. The smallest absolute Gasteiger partial charge is 0.262 e. The van der Waals surface area contributed by atoms with Gasteiger partial charge in [0.15, 0.2) is 6.61 Å². The molecule has 0 unspecified atom stereocenters. The van der Waals surface area contributed by atoms with E-state index < -0.39 is 0 Å². The number of ether oxygens (including phenoxy) is 1. The summed E-state index contributed by atoms with van der Waals surface area (Å²) in [6.07, 6.45) is 0. The first kappa shape index (κ1) is 19.6. The molecule has 3 aromatic rings. The van der Waals surface area contributed by atoms with Gasteiger partial charge in [-0.3, -0.25) is 9.59 Å². The van der Waals surface area contributed by atoms with Gasteiger partial charge in [0, 0.05) is 21.4 Å². The van der Waals surface area contributed by atoms with Crippen LogP contribution < -0.4 is 15.4 Å². The van der Waals surface area contributed by atoms with Gasteiger partial charge < -0.3 is 15.4 Å². The number of halogens is 1. The Morgan fingerprint density at radius 2 is 1.57 bits per heavy atom. The number of benzene rings is 3. The van der Waals surface area contributed by atoms with Crippen LogP contribution in [0.5, 0.6) is 5.75 Å². The number of nitrogens with one attached hydrogen (secondary N) is 2. The average Bonchev–Trinajstić information content (AvgIpc) is 2.68. The molecule has 6 heteroatoms. The standard InChI is InChI=1S/C22H19BrN2O3/c1-15-4-2-6-18(12-15)25-22(27)16-5-3-7-19(13-16)24-21(26)14-28-20-10-8-17(23)9-11-20/h2-13H,14H2,1H3,(H,24,26)(H,25,27). The fraction of sp³-hybridized carbons (Fsp3) is 0.0909. The maximum absolute atomic E-state index is 12.4. The van der Waals surface area contributed by atoms with Crippen molar-refractivity contribution >= 4 is 39.1 Å². The molecule has 0 aliphatic carbocycles. The van der Waals surface area contributed by atoms with E-state index >= 15 is 0 Å². The zero-order valence-electron chi connectivity index (χ0n) is 15.2. The maximum atomic E-state index is 12.4. The molecule has 0 saturated heterocycles. The average molecular weight is 439 g/mol. The maximum Gasteiger partial charge on any atom is 0.262 e. The minimum atomic E-state index is -0.306. The first-order chi connectivity index (χ1) is 13.5. The van der Waals surface area contributed by atoms with Gasteiger partial charge in [-0.25, -0.2) is 0 Å².